The van der Waals surface area contributed by atoms with Crippen molar-refractivity contribution in [1.29, 1.82) is 0 Å². The Labute approximate surface area is 139 Å². The minimum Gasteiger partial charge on any atom is -0.396 e. The molecule has 0 amide bonds. The summed E-state index contributed by atoms with van der Waals surface area (Å²) in [7, 11) is 0. The van der Waals surface area contributed by atoms with Crippen molar-refractivity contribution in [2.75, 3.05) is 6.61 Å². The van der Waals surface area contributed by atoms with Crippen molar-refractivity contribution in [1.82, 2.24) is 0 Å². The predicted octanol–water partition coefficient (Wildman–Crippen LogP) is 5.99. The fourth-order valence-electron chi connectivity index (χ4n) is 3.25. The highest BCUT2D eigenvalue weighted by atomic mass is 16.3. The Morgan fingerprint density at radius 3 is 1.32 bits per heavy atom. The Bertz CT molecular complexity index is 200. The van der Waals surface area contributed by atoms with Gasteiger partial charge in [-0.15, -0.1) is 0 Å². The van der Waals surface area contributed by atoms with Crippen LogP contribution in [0.25, 0.3) is 0 Å². The van der Waals surface area contributed by atoms with E-state index in [1.807, 2.05) is 0 Å². The molecule has 0 saturated carbocycles. The molecule has 0 aliphatic carbocycles. The summed E-state index contributed by atoms with van der Waals surface area (Å²) in [5, 5.41) is 19.9. The molecule has 0 spiro atoms. The molecule has 0 aromatic heterocycles. The first kappa shape index (κ1) is 21.9. The standard InChI is InChI=1S/C20H42O2/c1-3-5-7-9-11-13-16-20(22,18-15-19-21)17-14-12-10-8-6-4-2/h21-22H,3-19H2,1-2H3. The Kier molecular flexibility index (Phi) is 15.7. The van der Waals surface area contributed by atoms with Gasteiger partial charge in [-0.05, 0) is 25.7 Å². The lowest BCUT2D eigenvalue weighted by atomic mass is 9.86. The monoisotopic (exact) mass is 314 g/mol. The molecule has 2 N–H and O–H groups in total. The van der Waals surface area contributed by atoms with Crippen molar-refractivity contribution >= 4 is 0 Å². The van der Waals surface area contributed by atoms with E-state index in [-0.39, 0.29) is 6.61 Å². The Morgan fingerprint density at radius 1 is 0.545 bits per heavy atom. The molecule has 0 aliphatic rings. The summed E-state index contributed by atoms with van der Waals surface area (Å²) in [6.07, 6.45) is 18.7. The summed E-state index contributed by atoms with van der Waals surface area (Å²) in [5.41, 5.74) is -0.516. The van der Waals surface area contributed by atoms with Crippen LogP contribution < -0.4 is 0 Å². The van der Waals surface area contributed by atoms with Gasteiger partial charge in [0.25, 0.3) is 0 Å². The Hall–Kier alpha value is -0.0800. The second kappa shape index (κ2) is 15.8. The van der Waals surface area contributed by atoms with Crippen molar-refractivity contribution in [3.8, 4) is 0 Å². The van der Waals surface area contributed by atoms with Gasteiger partial charge in [-0.1, -0.05) is 90.9 Å². The van der Waals surface area contributed by atoms with Gasteiger partial charge >= 0.3 is 0 Å². The molecule has 0 radical (unpaired) electrons. The fraction of sp³-hybridized carbons (Fsp3) is 1.00. The fourth-order valence-corrected chi connectivity index (χ4v) is 3.25. The predicted molar refractivity (Wildman–Crippen MR) is 97.3 cm³/mol. The quantitative estimate of drug-likeness (QED) is 0.324. The molecule has 0 bridgehead atoms. The van der Waals surface area contributed by atoms with Gasteiger partial charge in [-0.25, -0.2) is 0 Å². The molecule has 0 aromatic rings. The average molecular weight is 315 g/mol. The van der Waals surface area contributed by atoms with Crippen molar-refractivity contribution in [3.05, 3.63) is 0 Å². The van der Waals surface area contributed by atoms with Crippen molar-refractivity contribution in [2.45, 2.75) is 122 Å². The lowest BCUT2D eigenvalue weighted by Crippen LogP contribution is -2.29. The second-order valence-electron chi connectivity index (χ2n) is 7.09. The molecular weight excluding hydrogens is 272 g/mol. The number of aliphatic hydroxyl groups excluding tert-OH is 1. The maximum Gasteiger partial charge on any atom is 0.0648 e. The summed E-state index contributed by atoms with van der Waals surface area (Å²) >= 11 is 0. The smallest absolute Gasteiger partial charge is 0.0648 e. The largest absolute Gasteiger partial charge is 0.396 e. The van der Waals surface area contributed by atoms with E-state index in [9.17, 15) is 5.11 Å². The molecule has 0 aliphatic heterocycles. The van der Waals surface area contributed by atoms with Gasteiger partial charge in [0.05, 0.1) is 5.60 Å². The number of rotatable bonds is 17. The summed E-state index contributed by atoms with van der Waals surface area (Å²) in [5.74, 6) is 0. The third kappa shape index (κ3) is 13.6. The molecular formula is C20H42O2. The van der Waals surface area contributed by atoms with Crippen LogP contribution in [0.1, 0.15) is 117 Å². The molecule has 0 saturated heterocycles. The van der Waals surface area contributed by atoms with E-state index in [0.29, 0.717) is 0 Å². The first-order valence-corrected chi connectivity index (χ1v) is 10.0. The minimum atomic E-state index is -0.516. The molecule has 0 fully saturated rings. The number of hydrogen-bond acceptors (Lipinski definition) is 2. The van der Waals surface area contributed by atoms with Crippen molar-refractivity contribution < 1.29 is 10.2 Å². The van der Waals surface area contributed by atoms with E-state index in [1.54, 1.807) is 0 Å². The maximum atomic E-state index is 10.8. The summed E-state index contributed by atoms with van der Waals surface area (Å²) in [4.78, 5) is 0. The lowest BCUT2D eigenvalue weighted by Gasteiger charge is -2.28. The first-order chi connectivity index (χ1) is 10.7. The van der Waals surface area contributed by atoms with Crippen LogP contribution in [0.15, 0.2) is 0 Å². The van der Waals surface area contributed by atoms with Gasteiger partial charge in [0, 0.05) is 6.61 Å². The molecule has 2 heteroatoms. The van der Waals surface area contributed by atoms with Crippen LogP contribution in [-0.2, 0) is 0 Å². The zero-order valence-corrected chi connectivity index (χ0v) is 15.4. The van der Waals surface area contributed by atoms with Crippen LogP contribution in [0.4, 0.5) is 0 Å². The van der Waals surface area contributed by atoms with Crippen LogP contribution in [-0.4, -0.2) is 22.4 Å². The average Bonchev–Trinajstić information content (AvgIpc) is 2.52. The van der Waals surface area contributed by atoms with Crippen LogP contribution >= 0.6 is 0 Å². The van der Waals surface area contributed by atoms with E-state index in [4.69, 9.17) is 5.11 Å². The Morgan fingerprint density at radius 2 is 0.909 bits per heavy atom. The molecule has 0 heterocycles. The number of hydrogen-bond donors (Lipinski definition) is 2. The van der Waals surface area contributed by atoms with Crippen molar-refractivity contribution in [2.24, 2.45) is 0 Å². The number of unbranched alkanes of at least 4 members (excludes halogenated alkanes) is 10. The highest BCUT2D eigenvalue weighted by molar-refractivity contribution is 4.78. The minimum absolute atomic E-state index is 0.204. The Balaban J connectivity index is 3.84. The van der Waals surface area contributed by atoms with Crippen LogP contribution in [0.2, 0.25) is 0 Å². The molecule has 0 rings (SSSR count). The van der Waals surface area contributed by atoms with Gasteiger partial charge in [0.15, 0.2) is 0 Å². The normalized spacial score (nSPS) is 12.0. The van der Waals surface area contributed by atoms with Gasteiger partial charge in [-0.3, -0.25) is 0 Å². The van der Waals surface area contributed by atoms with E-state index in [2.05, 4.69) is 13.8 Å². The van der Waals surface area contributed by atoms with Crippen LogP contribution in [0.5, 0.6) is 0 Å². The van der Waals surface area contributed by atoms with E-state index in [1.165, 1.54) is 64.2 Å². The SMILES string of the molecule is CCCCCCCCC(O)(CCCO)CCCCCCCC. The molecule has 134 valence electrons. The van der Waals surface area contributed by atoms with Crippen LogP contribution in [0, 0.1) is 0 Å². The van der Waals surface area contributed by atoms with Gasteiger partial charge in [0.1, 0.15) is 0 Å². The van der Waals surface area contributed by atoms with E-state index in [0.717, 1.165) is 38.5 Å². The highest BCUT2D eigenvalue weighted by Gasteiger charge is 2.24. The molecule has 2 nitrogen and oxygen atoms in total. The van der Waals surface area contributed by atoms with Gasteiger partial charge < -0.3 is 10.2 Å². The lowest BCUT2D eigenvalue weighted by molar-refractivity contribution is 0.00392. The summed E-state index contributed by atoms with van der Waals surface area (Å²) in [6, 6.07) is 0. The third-order valence-electron chi connectivity index (χ3n) is 4.79. The van der Waals surface area contributed by atoms with E-state index >= 15 is 0 Å². The van der Waals surface area contributed by atoms with Crippen LogP contribution in [0.3, 0.4) is 0 Å². The van der Waals surface area contributed by atoms with Gasteiger partial charge in [0.2, 0.25) is 0 Å². The van der Waals surface area contributed by atoms with Gasteiger partial charge in [-0.2, -0.15) is 0 Å². The highest BCUT2D eigenvalue weighted by Crippen LogP contribution is 2.27. The second-order valence-corrected chi connectivity index (χ2v) is 7.09. The maximum absolute atomic E-state index is 10.8. The molecule has 22 heavy (non-hydrogen) atoms. The topological polar surface area (TPSA) is 40.5 Å². The summed E-state index contributed by atoms with van der Waals surface area (Å²) < 4.78 is 0. The number of aliphatic hydroxyl groups is 2. The third-order valence-corrected chi connectivity index (χ3v) is 4.79. The zero-order valence-electron chi connectivity index (χ0n) is 15.4. The molecule has 0 atom stereocenters. The van der Waals surface area contributed by atoms with E-state index < -0.39 is 5.60 Å². The van der Waals surface area contributed by atoms with Crippen molar-refractivity contribution in [3.63, 3.8) is 0 Å². The first-order valence-electron chi connectivity index (χ1n) is 10.0. The molecule has 0 unspecified atom stereocenters. The summed E-state index contributed by atoms with van der Waals surface area (Å²) in [6.45, 7) is 4.69. The zero-order chi connectivity index (χ0) is 16.5. The molecule has 0 aromatic carbocycles.